The van der Waals surface area contributed by atoms with Gasteiger partial charge in [0.05, 0.1) is 18.1 Å². The molecule has 3 aromatic rings. The number of pyridine rings is 1. The summed E-state index contributed by atoms with van der Waals surface area (Å²) in [5.74, 6) is 1.73. The number of hydrogen-bond donors (Lipinski definition) is 1. The van der Waals surface area contributed by atoms with Gasteiger partial charge >= 0.3 is 0 Å². The van der Waals surface area contributed by atoms with E-state index in [-0.39, 0.29) is 0 Å². The molecule has 148 valence electrons. The number of aromatic nitrogens is 4. The lowest BCUT2D eigenvalue weighted by Crippen LogP contribution is -2.47. The minimum absolute atomic E-state index is 0.516. The average molecular weight is 388 g/mol. The standard InChI is InChI=1S/C22H24N6O/c1-27(18-11-15-2-3-16(12-18)24-15)21-7-6-20-19-5-4-17(28-9-8-23-26-28)10-14(19)13-29-22(20)25-21/h4-10,15-16,18,24H,2-3,11-13H2,1H3/t15-,16+,18?. The smallest absolute Gasteiger partial charge is 0.223 e. The van der Waals surface area contributed by atoms with Crippen LogP contribution in [0.25, 0.3) is 16.8 Å². The van der Waals surface area contributed by atoms with Crippen LogP contribution in [0.1, 0.15) is 31.2 Å². The van der Waals surface area contributed by atoms with Gasteiger partial charge in [-0.15, -0.1) is 5.10 Å². The van der Waals surface area contributed by atoms with E-state index in [2.05, 4.69) is 57.9 Å². The Morgan fingerprint density at radius 1 is 1.10 bits per heavy atom. The highest BCUT2D eigenvalue weighted by atomic mass is 16.5. The van der Waals surface area contributed by atoms with Crippen molar-refractivity contribution in [2.24, 2.45) is 0 Å². The first-order valence-electron chi connectivity index (χ1n) is 10.4. The molecule has 0 amide bonds. The Hall–Kier alpha value is -2.93. The normalized spacial score (nSPS) is 24.5. The van der Waals surface area contributed by atoms with Crippen LogP contribution in [-0.4, -0.2) is 45.2 Å². The molecule has 0 spiro atoms. The molecule has 2 bridgehead atoms. The lowest BCUT2D eigenvalue weighted by atomic mass is 9.97. The van der Waals surface area contributed by atoms with Crippen molar-refractivity contribution >= 4 is 5.82 Å². The lowest BCUT2D eigenvalue weighted by molar-refractivity contribution is 0.289. The van der Waals surface area contributed by atoms with E-state index in [1.54, 1.807) is 10.9 Å². The van der Waals surface area contributed by atoms with Crippen LogP contribution in [0.2, 0.25) is 0 Å². The van der Waals surface area contributed by atoms with E-state index in [1.165, 1.54) is 31.2 Å². The quantitative estimate of drug-likeness (QED) is 0.744. The van der Waals surface area contributed by atoms with Crippen LogP contribution in [0.5, 0.6) is 5.88 Å². The van der Waals surface area contributed by atoms with E-state index in [4.69, 9.17) is 9.72 Å². The van der Waals surface area contributed by atoms with E-state index < -0.39 is 0 Å². The minimum atomic E-state index is 0.516. The fraction of sp³-hybridized carbons (Fsp3) is 0.409. The second kappa shape index (κ2) is 6.56. The third-order valence-electron chi connectivity index (χ3n) is 6.63. The molecule has 0 saturated carbocycles. The predicted molar refractivity (Wildman–Crippen MR) is 110 cm³/mol. The Balaban J connectivity index is 1.29. The van der Waals surface area contributed by atoms with E-state index >= 15 is 0 Å². The maximum atomic E-state index is 6.06. The molecule has 29 heavy (non-hydrogen) atoms. The number of piperidine rings is 1. The number of benzene rings is 1. The van der Waals surface area contributed by atoms with E-state index in [0.29, 0.717) is 24.7 Å². The molecule has 7 nitrogen and oxygen atoms in total. The Bertz CT molecular complexity index is 1040. The highest BCUT2D eigenvalue weighted by Crippen LogP contribution is 2.39. The number of fused-ring (bicyclic) bond motifs is 5. The molecule has 2 aromatic heterocycles. The molecule has 3 atom stereocenters. The van der Waals surface area contributed by atoms with E-state index in [1.807, 2.05) is 6.20 Å². The molecule has 5 heterocycles. The van der Waals surface area contributed by atoms with Gasteiger partial charge in [-0.1, -0.05) is 11.3 Å². The first kappa shape index (κ1) is 17.0. The van der Waals surface area contributed by atoms with Crippen molar-refractivity contribution in [1.29, 1.82) is 0 Å². The molecule has 2 saturated heterocycles. The molecule has 3 aliphatic rings. The van der Waals surface area contributed by atoms with Gasteiger partial charge in [-0.05, 0) is 61.1 Å². The molecule has 0 aliphatic carbocycles. The zero-order valence-electron chi connectivity index (χ0n) is 16.5. The molecule has 0 radical (unpaired) electrons. The number of nitrogens with zero attached hydrogens (tertiary/aromatic N) is 5. The van der Waals surface area contributed by atoms with Gasteiger partial charge in [0.2, 0.25) is 5.88 Å². The van der Waals surface area contributed by atoms with Crippen molar-refractivity contribution in [3.8, 4) is 22.7 Å². The Morgan fingerprint density at radius 3 is 2.72 bits per heavy atom. The first-order chi connectivity index (χ1) is 14.2. The number of nitrogens with one attached hydrogen (secondary N) is 1. The van der Waals surface area contributed by atoms with Crippen molar-refractivity contribution in [2.45, 2.75) is 50.4 Å². The van der Waals surface area contributed by atoms with Gasteiger partial charge in [0.1, 0.15) is 12.4 Å². The predicted octanol–water partition coefficient (Wildman–Crippen LogP) is 2.94. The number of ether oxygens (including phenoxy) is 1. The van der Waals surface area contributed by atoms with Crippen LogP contribution in [0.3, 0.4) is 0 Å². The van der Waals surface area contributed by atoms with Crippen LogP contribution in [0, 0.1) is 0 Å². The highest BCUT2D eigenvalue weighted by molar-refractivity contribution is 5.75. The monoisotopic (exact) mass is 388 g/mol. The summed E-state index contributed by atoms with van der Waals surface area (Å²) in [5.41, 5.74) is 4.36. The Labute approximate surface area is 169 Å². The maximum absolute atomic E-state index is 6.06. The fourth-order valence-corrected chi connectivity index (χ4v) is 5.07. The van der Waals surface area contributed by atoms with Crippen molar-refractivity contribution in [3.63, 3.8) is 0 Å². The van der Waals surface area contributed by atoms with Crippen LogP contribution in [0.4, 0.5) is 5.82 Å². The van der Waals surface area contributed by atoms with Crippen molar-refractivity contribution < 1.29 is 4.74 Å². The zero-order chi connectivity index (χ0) is 19.4. The summed E-state index contributed by atoms with van der Waals surface area (Å²) in [6, 6.07) is 12.5. The molecule has 7 heteroatoms. The molecule has 1 unspecified atom stereocenters. The van der Waals surface area contributed by atoms with Gasteiger partial charge in [-0.2, -0.15) is 4.98 Å². The van der Waals surface area contributed by atoms with Crippen LogP contribution in [-0.2, 0) is 6.61 Å². The number of rotatable bonds is 3. The largest absolute Gasteiger partial charge is 0.472 e. The summed E-state index contributed by atoms with van der Waals surface area (Å²) in [6.07, 6.45) is 8.53. The molecular formula is C22H24N6O. The second-order valence-electron chi connectivity index (χ2n) is 8.37. The van der Waals surface area contributed by atoms with Crippen molar-refractivity contribution in [2.75, 3.05) is 11.9 Å². The summed E-state index contributed by atoms with van der Waals surface area (Å²) in [7, 11) is 2.17. The molecule has 1 aromatic carbocycles. The fourth-order valence-electron chi connectivity index (χ4n) is 5.07. The molecular weight excluding hydrogens is 364 g/mol. The van der Waals surface area contributed by atoms with E-state index in [0.717, 1.165) is 28.5 Å². The van der Waals surface area contributed by atoms with Gasteiger partial charge in [-0.3, -0.25) is 0 Å². The topological polar surface area (TPSA) is 68.1 Å². The lowest BCUT2D eigenvalue weighted by Gasteiger charge is -2.36. The summed E-state index contributed by atoms with van der Waals surface area (Å²) < 4.78 is 7.82. The number of anilines is 1. The average Bonchev–Trinajstić information content (AvgIpc) is 3.42. The van der Waals surface area contributed by atoms with Gasteiger partial charge in [0.25, 0.3) is 0 Å². The zero-order valence-corrected chi connectivity index (χ0v) is 16.5. The van der Waals surface area contributed by atoms with Gasteiger partial charge in [0.15, 0.2) is 0 Å². The van der Waals surface area contributed by atoms with Crippen LogP contribution < -0.4 is 15.0 Å². The molecule has 3 aliphatic heterocycles. The summed E-state index contributed by atoms with van der Waals surface area (Å²) in [4.78, 5) is 7.23. The highest BCUT2D eigenvalue weighted by Gasteiger charge is 2.35. The Kier molecular flexibility index (Phi) is 3.84. The second-order valence-corrected chi connectivity index (χ2v) is 8.37. The van der Waals surface area contributed by atoms with Gasteiger partial charge in [0, 0.05) is 30.7 Å². The SMILES string of the molecule is CN(c1ccc2c(n1)OCc1cc(-n3ccnn3)ccc1-2)C1C[C@H]2CC[C@@H](C1)N2. The van der Waals surface area contributed by atoms with E-state index in [9.17, 15) is 0 Å². The molecule has 2 fully saturated rings. The third kappa shape index (κ3) is 2.88. The summed E-state index contributed by atoms with van der Waals surface area (Å²) in [6.45, 7) is 0.516. The third-order valence-corrected chi connectivity index (χ3v) is 6.63. The maximum Gasteiger partial charge on any atom is 0.223 e. The molecule has 1 N–H and O–H groups in total. The molecule has 6 rings (SSSR count). The van der Waals surface area contributed by atoms with Crippen LogP contribution >= 0.6 is 0 Å². The Morgan fingerprint density at radius 2 is 1.93 bits per heavy atom. The van der Waals surface area contributed by atoms with Crippen LogP contribution in [0.15, 0.2) is 42.7 Å². The van der Waals surface area contributed by atoms with Crippen molar-refractivity contribution in [3.05, 3.63) is 48.3 Å². The van der Waals surface area contributed by atoms with Gasteiger partial charge in [-0.25, -0.2) is 4.68 Å². The number of hydrogen-bond acceptors (Lipinski definition) is 6. The first-order valence-corrected chi connectivity index (χ1v) is 10.4. The summed E-state index contributed by atoms with van der Waals surface area (Å²) >= 11 is 0. The van der Waals surface area contributed by atoms with Gasteiger partial charge < -0.3 is 15.0 Å². The van der Waals surface area contributed by atoms with Crippen molar-refractivity contribution in [1.82, 2.24) is 25.3 Å². The minimum Gasteiger partial charge on any atom is -0.472 e. The summed E-state index contributed by atoms with van der Waals surface area (Å²) in [5, 5.41) is 11.7.